The lowest BCUT2D eigenvalue weighted by molar-refractivity contribution is -0.120. The van der Waals surface area contributed by atoms with Gasteiger partial charge in [0.2, 0.25) is 5.91 Å². The minimum atomic E-state index is -0.151. The van der Waals surface area contributed by atoms with Crippen LogP contribution in [0.2, 0.25) is 0 Å². The summed E-state index contributed by atoms with van der Waals surface area (Å²) in [7, 11) is 0. The lowest BCUT2D eigenvalue weighted by Gasteiger charge is -2.13. The average molecular weight is 317 g/mol. The molecule has 0 spiro atoms. The van der Waals surface area contributed by atoms with Gasteiger partial charge in [0.1, 0.15) is 5.76 Å². The second kappa shape index (κ2) is 7.61. The Kier molecular flexibility index (Phi) is 5.55. The van der Waals surface area contributed by atoms with Crippen LogP contribution in [0.1, 0.15) is 16.9 Å². The van der Waals surface area contributed by atoms with Crippen LogP contribution in [0.15, 0.2) is 41.0 Å². The van der Waals surface area contributed by atoms with Gasteiger partial charge in [-0.2, -0.15) is 0 Å². The van der Waals surface area contributed by atoms with Crippen LogP contribution in [0.25, 0.3) is 0 Å². The molecule has 22 heavy (non-hydrogen) atoms. The van der Waals surface area contributed by atoms with E-state index in [0.717, 1.165) is 16.8 Å². The third kappa shape index (κ3) is 4.89. The normalized spacial score (nSPS) is 10.1. The second-order valence-electron chi connectivity index (χ2n) is 4.98. The number of benzene rings is 1. The van der Waals surface area contributed by atoms with Crippen LogP contribution in [-0.4, -0.2) is 17.6 Å². The fourth-order valence-corrected chi connectivity index (χ4v) is 2.04. The molecule has 0 saturated heterocycles. The molecule has 0 aliphatic heterocycles. The van der Waals surface area contributed by atoms with Gasteiger partial charge in [0.25, 0.3) is 0 Å². The van der Waals surface area contributed by atoms with Crippen LogP contribution in [0.5, 0.6) is 0 Å². The molecule has 1 aromatic heterocycles. The number of carbonyl (C=O) groups excluding carboxylic acids is 1. The van der Waals surface area contributed by atoms with Crippen molar-refractivity contribution in [1.82, 2.24) is 10.6 Å². The summed E-state index contributed by atoms with van der Waals surface area (Å²) in [6.07, 6.45) is 1.57. The van der Waals surface area contributed by atoms with Gasteiger partial charge in [0.15, 0.2) is 5.11 Å². The minimum Gasteiger partial charge on any atom is -0.467 e. The number of hydrogen-bond acceptors (Lipinski definition) is 3. The third-order valence-electron chi connectivity index (χ3n) is 3.09. The Bertz CT molecular complexity index is 653. The highest BCUT2D eigenvalue weighted by atomic mass is 32.1. The van der Waals surface area contributed by atoms with Crippen molar-refractivity contribution in [2.75, 3.05) is 11.9 Å². The first-order valence-electron chi connectivity index (χ1n) is 6.96. The summed E-state index contributed by atoms with van der Waals surface area (Å²) in [5.41, 5.74) is 3.18. The standard InChI is InChI=1S/C16H19N3O2S/c1-11-5-6-12(2)14(8-11)19-16(22)18-10-15(20)17-9-13-4-3-7-21-13/h3-8H,9-10H2,1-2H3,(H,17,20)(H2,18,19,22). The highest BCUT2D eigenvalue weighted by molar-refractivity contribution is 7.80. The molecule has 0 unspecified atom stereocenters. The monoisotopic (exact) mass is 317 g/mol. The molecule has 5 nitrogen and oxygen atoms in total. The molecule has 0 atom stereocenters. The summed E-state index contributed by atoms with van der Waals surface area (Å²) in [6.45, 7) is 4.49. The first kappa shape index (κ1) is 16.0. The molecule has 6 heteroatoms. The van der Waals surface area contributed by atoms with E-state index in [0.29, 0.717) is 17.4 Å². The lowest BCUT2D eigenvalue weighted by atomic mass is 10.1. The fraction of sp³-hybridized carbons (Fsp3) is 0.250. The second-order valence-corrected chi connectivity index (χ2v) is 5.39. The predicted molar refractivity (Wildman–Crippen MR) is 90.7 cm³/mol. The molecule has 0 aliphatic carbocycles. The number of hydrogen-bond donors (Lipinski definition) is 3. The Hall–Kier alpha value is -2.34. The van der Waals surface area contributed by atoms with Crippen LogP contribution >= 0.6 is 12.2 Å². The van der Waals surface area contributed by atoms with E-state index >= 15 is 0 Å². The third-order valence-corrected chi connectivity index (χ3v) is 3.34. The van der Waals surface area contributed by atoms with Crippen LogP contribution in [-0.2, 0) is 11.3 Å². The number of amides is 1. The largest absolute Gasteiger partial charge is 0.467 e. The van der Waals surface area contributed by atoms with Gasteiger partial charge in [-0.15, -0.1) is 0 Å². The summed E-state index contributed by atoms with van der Waals surface area (Å²) in [5, 5.41) is 9.14. The van der Waals surface area contributed by atoms with E-state index in [1.807, 2.05) is 32.0 Å². The number of rotatable bonds is 5. The van der Waals surface area contributed by atoms with Gasteiger partial charge < -0.3 is 20.4 Å². The average Bonchev–Trinajstić information content (AvgIpc) is 3.00. The summed E-state index contributed by atoms with van der Waals surface area (Å²) in [5.74, 6) is 0.561. The van der Waals surface area contributed by atoms with Gasteiger partial charge in [0, 0.05) is 5.69 Å². The first-order chi connectivity index (χ1) is 10.5. The van der Waals surface area contributed by atoms with Gasteiger partial charge >= 0.3 is 0 Å². The molecular formula is C16H19N3O2S. The molecule has 0 radical (unpaired) electrons. The number of aryl methyl sites for hydroxylation is 2. The molecule has 1 aromatic carbocycles. The molecule has 2 rings (SSSR count). The van der Waals surface area contributed by atoms with Crippen molar-refractivity contribution < 1.29 is 9.21 Å². The van der Waals surface area contributed by atoms with Crippen molar-refractivity contribution in [1.29, 1.82) is 0 Å². The maximum atomic E-state index is 11.7. The number of thiocarbonyl (C=S) groups is 1. The van der Waals surface area contributed by atoms with Crippen LogP contribution < -0.4 is 16.0 Å². The Balaban J connectivity index is 1.75. The molecular weight excluding hydrogens is 298 g/mol. The van der Waals surface area contributed by atoms with Gasteiger partial charge in [0.05, 0.1) is 19.4 Å². The Morgan fingerprint density at radius 2 is 2.05 bits per heavy atom. The molecule has 0 saturated carbocycles. The van der Waals surface area contributed by atoms with Crippen molar-refractivity contribution in [2.45, 2.75) is 20.4 Å². The van der Waals surface area contributed by atoms with Gasteiger partial charge in [-0.1, -0.05) is 12.1 Å². The smallest absolute Gasteiger partial charge is 0.239 e. The molecule has 1 amide bonds. The van der Waals surface area contributed by atoms with E-state index in [-0.39, 0.29) is 12.5 Å². The highest BCUT2D eigenvalue weighted by Gasteiger charge is 2.05. The Morgan fingerprint density at radius 3 is 2.77 bits per heavy atom. The van der Waals surface area contributed by atoms with E-state index < -0.39 is 0 Å². The molecule has 0 bridgehead atoms. The van der Waals surface area contributed by atoms with Crippen LogP contribution in [0.3, 0.4) is 0 Å². The maximum Gasteiger partial charge on any atom is 0.239 e. The van der Waals surface area contributed by atoms with Crippen LogP contribution in [0, 0.1) is 13.8 Å². The first-order valence-corrected chi connectivity index (χ1v) is 7.36. The maximum absolute atomic E-state index is 11.7. The summed E-state index contributed by atoms with van der Waals surface area (Å²) < 4.78 is 5.14. The van der Waals surface area contributed by atoms with Crippen molar-refractivity contribution >= 4 is 28.9 Å². The zero-order valence-corrected chi connectivity index (χ0v) is 13.4. The van der Waals surface area contributed by atoms with E-state index in [1.54, 1.807) is 18.4 Å². The topological polar surface area (TPSA) is 66.3 Å². The predicted octanol–water partition coefficient (Wildman–Crippen LogP) is 2.50. The van der Waals surface area contributed by atoms with Crippen molar-refractivity contribution in [3.8, 4) is 0 Å². The molecule has 2 aromatic rings. The zero-order valence-electron chi connectivity index (χ0n) is 12.6. The molecule has 3 N–H and O–H groups in total. The summed E-state index contributed by atoms with van der Waals surface area (Å²) in [6, 6.07) is 9.67. The molecule has 0 fully saturated rings. The van der Waals surface area contributed by atoms with Gasteiger partial charge in [-0.3, -0.25) is 4.79 Å². The SMILES string of the molecule is Cc1ccc(C)c(NC(=S)NCC(=O)NCc2ccco2)c1. The van der Waals surface area contributed by atoms with Crippen LogP contribution in [0.4, 0.5) is 5.69 Å². The van der Waals surface area contributed by atoms with Crippen molar-refractivity contribution in [3.05, 3.63) is 53.5 Å². The summed E-state index contributed by atoms with van der Waals surface area (Å²) >= 11 is 5.20. The van der Waals surface area contributed by atoms with E-state index in [2.05, 4.69) is 16.0 Å². The zero-order chi connectivity index (χ0) is 15.9. The van der Waals surface area contributed by atoms with E-state index in [1.165, 1.54) is 0 Å². The number of furan rings is 1. The van der Waals surface area contributed by atoms with E-state index in [4.69, 9.17) is 16.6 Å². The van der Waals surface area contributed by atoms with E-state index in [9.17, 15) is 4.79 Å². The molecule has 1 heterocycles. The van der Waals surface area contributed by atoms with Gasteiger partial charge in [-0.05, 0) is 55.4 Å². The lowest BCUT2D eigenvalue weighted by Crippen LogP contribution is -2.38. The number of anilines is 1. The van der Waals surface area contributed by atoms with Gasteiger partial charge in [-0.25, -0.2) is 0 Å². The summed E-state index contributed by atoms with van der Waals surface area (Å²) in [4.78, 5) is 11.7. The quantitative estimate of drug-likeness (QED) is 0.740. The van der Waals surface area contributed by atoms with Crippen molar-refractivity contribution in [2.24, 2.45) is 0 Å². The van der Waals surface area contributed by atoms with Crippen molar-refractivity contribution in [3.63, 3.8) is 0 Å². The molecule has 116 valence electrons. The minimum absolute atomic E-state index is 0.109. The number of carbonyl (C=O) groups is 1. The Morgan fingerprint density at radius 1 is 1.23 bits per heavy atom. The number of nitrogens with one attached hydrogen (secondary N) is 3. The fourth-order valence-electron chi connectivity index (χ4n) is 1.86. The Labute approximate surface area is 135 Å². The molecule has 0 aliphatic rings. The highest BCUT2D eigenvalue weighted by Crippen LogP contribution is 2.15.